The number of aliphatic carboxylic acids is 1. The number of halogens is 1. The van der Waals surface area contributed by atoms with Crippen LogP contribution in [-0.2, 0) is 17.6 Å². The summed E-state index contributed by atoms with van der Waals surface area (Å²) in [5, 5.41) is 8.96. The molecule has 0 aliphatic heterocycles. The van der Waals surface area contributed by atoms with Crippen molar-refractivity contribution in [1.29, 1.82) is 0 Å². The summed E-state index contributed by atoms with van der Waals surface area (Å²) in [6.07, 6.45) is 1.20. The van der Waals surface area contributed by atoms with Crippen LogP contribution >= 0.6 is 15.9 Å². The Morgan fingerprint density at radius 2 is 2.27 bits per heavy atom. The molecule has 1 atom stereocenters. The molecular formula is C11H11BrO3. The average Bonchev–Trinajstić information content (AvgIpc) is 2.63. The standard InChI is InChI=1S/C11H11BrO3/c1-15-9-3-2-6-4-7(11(13)14)5-8(6)10(9)12/h2-3,7H,4-5H2,1H3,(H,13,14). The molecule has 1 aliphatic rings. The lowest BCUT2D eigenvalue weighted by molar-refractivity contribution is -0.141. The molecule has 1 aromatic carbocycles. The Balaban J connectivity index is 2.38. The van der Waals surface area contributed by atoms with Gasteiger partial charge in [0.2, 0.25) is 0 Å². The first-order valence-electron chi connectivity index (χ1n) is 4.70. The fourth-order valence-electron chi connectivity index (χ4n) is 1.97. The highest BCUT2D eigenvalue weighted by molar-refractivity contribution is 9.10. The minimum atomic E-state index is -0.725. The van der Waals surface area contributed by atoms with Crippen molar-refractivity contribution in [2.24, 2.45) is 5.92 Å². The number of carboxylic acids is 1. The molecule has 0 heterocycles. The van der Waals surface area contributed by atoms with E-state index in [1.807, 2.05) is 12.1 Å². The van der Waals surface area contributed by atoms with Gasteiger partial charge in [0.05, 0.1) is 17.5 Å². The maximum Gasteiger partial charge on any atom is 0.307 e. The molecule has 0 saturated heterocycles. The van der Waals surface area contributed by atoms with Crippen LogP contribution in [0.15, 0.2) is 16.6 Å². The first kappa shape index (κ1) is 10.5. The summed E-state index contributed by atoms with van der Waals surface area (Å²) in [6.45, 7) is 0. The summed E-state index contributed by atoms with van der Waals surface area (Å²) < 4.78 is 6.07. The van der Waals surface area contributed by atoms with Crippen molar-refractivity contribution < 1.29 is 14.6 Å². The quantitative estimate of drug-likeness (QED) is 0.897. The molecule has 1 N–H and O–H groups in total. The molecule has 2 rings (SSSR count). The van der Waals surface area contributed by atoms with Gasteiger partial charge in [0, 0.05) is 0 Å². The number of carboxylic acid groups (broad SMARTS) is 1. The summed E-state index contributed by atoms with van der Waals surface area (Å²) in [4.78, 5) is 10.9. The molecule has 4 heteroatoms. The van der Waals surface area contributed by atoms with Crippen LogP contribution in [0.2, 0.25) is 0 Å². The van der Waals surface area contributed by atoms with E-state index in [9.17, 15) is 4.79 Å². The first-order chi connectivity index (χ1) is 7.13. The first-order valence-corrected chi connectivity index (χ1v) is 5.50. The van der Waals surface area contributed by atoms with Crippen molar-refractivity contribution in [3.05, 3.63) is 27.7 Å². The summed E-state index contributed by atoms with van der Waals surface area (Å²) >= 11 is 3.45. The molecule has 1 aliphatic carbocycles. The van der Waals surface area contributed by atoms with Crippen molar-refractivity contribution in [2.45, 2.75) is 12.8 Å². The van der Waals surface area contributed by atoms with Crippen molar-refractivity contribution in [3.63, 3.8) is 0 Å². The van der Waals surface area contributed by atoms with Gasteiger partial charge in [0.25, 0.3) is 0 Å². The molecule has 0 spiro atoms. The number of methoxy groups -OCH3 is 1. The lowest BCUT2D eigenvalue weighted by Crippen LogP contribution is -2.12. The summed E-state index contributed by atoms with van der Waals surface area (Å²) in [5.41, 5.74) is 2.18. The van der Waals surface area contributed by atoms with E-state index in [-0.39, 0.29) is 5.92 Å². The van der Waals surface area contributed by atoms with Gasteiger partial charge >= 0.3 is 5.97 Å². The lowest BCUT2D eigenvalue weighted by atomic mass is 10.1. The molecule has 80 valence electrons. The highest BCUT2D eigenvalue weighted by Gasteiger charge is 2.29. The van der Waals surface area contributed by atoms with Crippen molar-refractivity contribution in [2.75, 3.05) is 7.11 Å². The largest absolute Gasteiger partial charge is 0.496 e. The van der Waals surface area contributed by atoms with Gasteiger partial charge in [-0.05, 0) is 46.0 Å². The molecule has 0 bridgehead atoms. The van der Waals surface area contributed by atoms with E-state index >= 15 is 0 Å². The van der Waals surface area contributed by atoms with Crippen LogP contribution in [0.3, 0.4) is 0 Å². The van der Waals surface area contributed by atoms with E-state index in [2.05, 4.69) is 15.9 Å². The molecule has 0 amide bonds. The van der Waals surface area contributed by atoms with E-state index in [0.29, 0.717) is 12.8 Å². The maximum atomic E-state index is 10.9. The van der Waals surface area contributed by atoms with Crippen LogP contribution in [0.5, 0.6) is 5.75 Å². The van der Waals surface area contributed by atoms with Gasteiger partial charge in [-0.3, -0.25) is 4.79 Å². The minimum Gasteiger partial charge on any atom is -0.496 e. The Morgan fingerprint density at radius 1 is 1.53 bits per heavy atom. The van der Waals surface area contributed by atoms with Gasteiger partial charge in [-0.1, -0.05) is 6.07 Å². The molecule has 1 aromatic rings. The molecule has 0 aromatic heterocycles. The predicted molar refractivity (Wildman–Crippen MR) is 59.2 cm³/mol. The van der Waals surface area contributed by atoms with Gasteiger partial charge in [-0.2, -0.15) is 0 Å². The number of fused-ring (bicyclic) bond motifs is 1. The van der Waals surface area contributed by atoms with Crippen molar-refractivity contribution in [3.8, 4) is 5.75 Å². The third kappa shape index (κ3) is 1.74. The SMILES string of the molecule is COc1ccc2c(c1Br)CC(C(=O)O)C2. The topological polar surface area (TPSA) is 46.5 Å². The Labute approximate surface area is 96.2 Å². The molecule has 0 fully saturated rings. The Morgan fingerprint density at radius 3 is 2.87 bits per heavy atom. The van der Waals surface area contributed by atoms with Crippen LogP contribution in [-0.4, -0.2) is 18.2 Å². The predicted octanol–water partition coefficient (Wildman–Crippen LogP) is 2.26. The zero-order valence-corrected chi connectivity index (χ0v) is 9.87. The number of hydrogen-bond donors (Lipinski definition) is 1. The highest BCUT2D eigenvalue weighted by Crippen LogP contribution is 2.38. The summed E-state index contributed by atoms with van der Waals surface area (Å²) in [5.74, 6) is -0.250. The average molecular weight is 271 g/mol. The van der Waals surface area contributed by atoms with E-state index in [0.717, 1.165) is 21.3 Å². The summed E-state index contributed by atoms with van der Waals surface area (Å²) in [6, 6.07) is 3.81. The van der Waals surface area contributed by atoms with E-state index in [1.165, 1.54) is 0 Å². The second-order valence-electron chi connectivity index (χ2n) is 3.66. The zero-order chi connectivity index (χ0) is 11.0. The van der Waals surface area contributed by atoms with Crippen molar-refractivity contribution >= 4 is 21.9 Å². The number of hydrogen-bond acceptors (Lipinski definition) is 2. The lowest BCUT2D eigenvalue weighted by Gasteiger charge is -2.07. The number of rotatable bonds is 2. The molecular weight excluding hydrogens is 260 g/mol. The third-order valence-electron chi connectivity index (χ3n) is 2.79. The Bertz CT molecular complexity index is 415. The Hall–Kier alpha value is -1.03. The fraction of sp³-hybridized carbons (Fsp3) is 0.364. The van der Waals surface area contributed by atoms with E-state index in [4.69, 9.17) is 9.84 Å². The number of benzene rings is 1. The highest BCUT2D eigenvalue weighted by atomic mass is 79.9. The van der Waals surface area contributed by atoms with E-state index < -0.39 is 5.97 Å². The normalized spacial score (nSPS) is 18.7. The van der Waals surface area contributed by atoms with Crippen LogP contribution in [0, 0.1) is 5.92 Å². The van der Waals surface area contributed by atoms with Gasteiger partial charge in [-0.25, -0.2) is 0 Å². The monoisotopic (exact) mass is 270 g/mol. The van der Waals surface area contributed by atoms with Gasteiger partial charge in [0.1, 0.15) is 5.75 Å². The minimum absolute atomic E-state index is 0.289. The van der Waals surface area contributed by atoms with Gasteiger partial charge in [-0.15, -0.1) is 0 Å². The number of carbonyl (C=O) groups is 1. The van der Waals surface area contributed by atoms with Crippen LogP contribution in [0.4, 0.5) is 0 Å². The van der Waals surface area contributed by atoms with E-state index in [1.54, 1.807) is 7.11 Å². The molecule has 0 radical (unpaired) electrons. The van der Waals surface area contributed by atoms with Crippen LogP contribution < -0.4 is 4.74 Å². The molecule has 3 nitrogen and oxygen atoms in total. The summed E-state index contributed by atoms with van der Waals surface area (Å²) in [7, 11) is 1.61. The van der Waals surface area contributed by atoms with Crippen molar-refractivity contribution in [1.82, 2.24) is 0 Å². The Kier molecular flexibility index (Phi) is 2.69. The third-order valence-corrected chi connectivity index (χ3v) is 3.66. The molecule has 15 heavy (non-hydrogen) atoms. The second-order valence-corrected chi connectivity index (χ2v) is 4.46. The maximum absolute atomic E-state index is 10.9. The number of ether oxygens (including phenoxy) is 1. The van der Waals surface area contributed by atoms with Gasteiger partial charge in [0.15, 0.2) is 0 Å². The van der Waals surface area contributed by atoms with Crippen LogP contribution in [0.1, 0.15) is 11.1 Å². The molecule has 0 saturated carbocycles. The fourth-order valence-corrected chi connectivity index (χ4v) is 2.68. The smallest absolute Gasteiger partial charge is 0.307 e. The van der Waals surface area contributed by atoms with Crippen LogP contribution in [0.25, 0.3) is 0 Å². The van der Waals surface area contributed by atoms with Gasteiger partial charge < -0.3 is 9.84 Å². The second kappa shape index (κ2) is 3.85. The molecule has 1 unspecified atom stereocenters. The zero-order valence-electron chi connectivity index (χ0n) is 8.29.